The third-order valence-corrected chi connectivity index (χ3v) is 4.59. The highest BCUT2D eigenvalue weighted by Crippen LogP contribution is 2.41. The summed E-state index contributed by atoms with van der Waals surface area (Å²) in [5.41, 5.74) is 7.05. The standard InChI is InChI=1S/C20H32N2/c1-8-9-21-13-17-11-18-16(5)12-20(6,7)22(14(2)3)19(18)10-15(17)4/h10-12,14,21H,8-9,13H2,1-7H3. The van der Waals surface area contributed by atoms with E-state index in [-0.39, 0.29) is 5.54 Å². The molecule has 0 aromatic heterocycles. The van der Waals surface area contributed by atoms with E-state index in [1.807, 2.05) is 0 Å². The number of allylic oxidation sites excluding steroid dienone is 1. The number of nitrogens with zero attached hydrogens (tertiary/aromatic N) is 1. The molecule has 0 aliphatic carbocycles. The van der Waals surface area contributed by atoms with Crippen molar-refractivity contribution in [2.45, 2.75) is 73.0 Å². The summed E-state index contributed by atoms with van der Waals surface area (Å²) in [6.07, 6.45) is 3.59. The zero-order valence-corrected chi connectivity index (χ0v) is 15.4. The SMILES string of the molecule is CCCNCc1cc2c(cc1C)N(C(C)C)C(C)(C)C=C2C. The summed E-state index contributed by atoms with van der Waals surface area (Å²) in [4.78, 5) is 2.55. The summed E-state index contributed by atoms with van der Waals surface area (Å²) in [5.74, 6) is 0. The minimum atomic E-state index is 0.0691. The van der Waals surface area contributed by atoms with Crippen LogP contribution >= 0.6 is 0 Å². The van der Waals surface area contributed by atoms with Gasteiger partial charge in [-0.05, 0) is 83.3 Å². The van der Waals surface area contributed by atoms with Crippen molar-refractivity contribution in [2.24, 2.45) is 0 Å². The fourth-order valence-corrected chi connectivity index (χ4v) is 3.77. The summed E-state index contributed by atoms with van der Waals surface area (Å²) < 4.78 is 0. The topological polar surface area (TPSA) is 15.3 Å². The predicted molar refractivity (Wildman–Crippen MR) is 98.5 cm³/mol. The Balaban J connectivity index is 2.46. The number of fused-ring (bicyclic) bond motifs is 1. The Kier molecular flexibility index (Phi) is 5.01. The molecular formula is C20H32N2. The first-order valence-electron chi connectivity index (χ1n) is 8.61. The molecule has 1 aromatic rings. The fourth-order valence-electron chi connectivity index (χ4n) is 3.77. The number of rotatable bonds is 5. The molecule has 1 aromatic carbocycles. The zero-order valence-electron chi connectivity index (χ0n) is 15.4. The van der Waals surface area contributed by atoms with Crippen molar-refractivity contribution in [2.75, 3.05) is 11.4 Å². The largest absolute Gasteiger partial charge is 0.360 e. The molecule has 1 aliphatic rings. The number of nitrogens with one attached hydrogen (secondary N) is 1. The maximum absolute atomic E-state index is 3.53. The van der Waals surface area contributed by atoms with Gasteiger partial charge in [0.05, 0.1) is 5.54 Å². The van der Waals surface area contributed by atoms with Crippen LogP contribution in [-0.4, -0.2) is 18.1 Å². The van der Waals surface area contributed by atoms with Crippen LogP contribution in [0.1, 0.15) is 64.7 Å². The molecule has 22 heavy (non-hydrogen) atoms. The molecule has 1 N–H and O–H groups in total. The molecule has 0 amide bonds. The Labute approximate surface area is 136 Å². The molecule has 122 valence electrons. The lowest BCUT2D eigenvalue weighted by Crippen LogP contribution is -2.49. The van der Waals surface area contributed by atoms with Gasteiger partial charge in [0.15, 0.2) is 0 Å². The Morgan fingerprint density at radius 1 is 1.18 bits per heavy atom. The van der Waals surface area contributed by atoms with E-state index < -0.39 is 0 Å². The fraction of sp³-hybridized carbons (Fsp3) is 0.600. The van der Waals surface area contributed by atoms with Crippen molar-refractivity contribution >= 4 is 11.3 Å². The van der Waals surface area contributed by atoms with E-state index in [0.29, 0.717) is 6.04 Å². The number of aryl methyl sites for hydroxylation is 1. The average Bonchev–Trinajstić information content (AvgIpc) is 2.38. The Bertz CT molecular complexity index is 567. The van der Waals surface area contributed by atoms with Crippen molar-refractivity contribution in [3.63, 3.8) is 0 Å². The summed E-state index contributed by atoms with van der Waals surface area (Å²) >= 11 is 0. The van der Waals surface area contributed by atoms with Gasteiger partial charge in [0.1, 0.15) is 0 Å². The van der Waals surface area contributed by atoms with Gasteiger partial charge in [-0.15, -0.1) is 0 Å². The highest BCUT2D eigenvalue weighted by Gasteiger charge is 2.33. The molecule has 0 fully saturated rings. The second kappa shape index (κ2) is 6.45. The van der Waals surface area contributed by atoms with Crippen LogP contribution in [0.5, 0.6) is 0 Å². The maximum Gasteiger partial charge on any atom is 0.0537 e. The molecule has 0 bridgehead atoms. The molecule has 1 aliphatic heterocycles. The lowest BCUT2D eigenvalue weighted by molar-refractivity contribution is 0.507. The molecule has 2 heteroatoms. The summed E-state index contributed by atoms with van der Waals surface area (Å²) in [7, 11) is 0. The number of hydrogen-bond acceptors (Lipinski definition) is 2. The van der Waals surface area contributed by atoms with E-state index in [0.717, 1.165) is 13.1 Å². The third-order valence-electron chi connectivity index (χ3n) is 4.59. The lowest BCUT2D eigenvalue weighted by atomic mass is 9.86. The van der Waals surface area contributed by atoms with Crippen molar-refractivity contribution in [1.29, 1.82) is 0 Å². The summed E-state index contributed by atoms with van der Waals surface area (Å²) in [6, 6.07) is 5.27. The molecule has 0 saturated carbocycles. The van der Waals surface area contributed by atoms with Gasteiger partial charge in [-0.2, -0.15) is 0 Å². The van der Waals surface area contributed by atoms with E-state index >= 15 is 0 Å². The molecule has 2 rings (SSSR count). The molecule has 0 spiro atoms. The van der Waals surface area contributed by atoms with Crippen molar-refractivity contribution in [1.82, 2.24) is 5.32 Å². The van der Waals surface area contributed by atoms with Crippen molar-refractivity contribution in [3.8, 4) is 0 Å². The second-order valence-electron chi connectivity index (χ2n) is 7.42. The molecule has 2 nitrogen and oxygen atoms in total. The lowest BCUT2D eigenvalue weighted by Gasteiger charge is -2.46. The van der Waals surface area contributed by atoms with E-state index in [2.05, 4.69) is 76.9 Å². The molecular weight excluding hydrogens is 268 g/mol. The first-order chi connectivity index (χ1) is 10.3. The van der Waals surface area contributed by atoms with Gasteiger partial charge in [-0.3, -0.25) is 0 Å². The summed E-state index contributed by atoms with van der Waals surface area (Å²) in [5, 5.41) is 3.53. The van der Waals surface area contributed by atoms with E-state index in [9.17, 15) is 0 Å². The molecule has 1 heterocycles. The van der Waals surface area contributed by atoms with Crippen LogP contribution in [0.15, 0.2) is 18.2 Å². The zero-order chi connectivity index (χ0) is 16.5. The van der Waals surface area contributed by atoms with Crippen LogP contribution < -0.4 is 10.2 Å². The van der Waals surface area contributed by atoms with Gasteiger partial charge in [-0.1, -0.05) is 13.0 Å². The Morgan fingerprint density at radius 3 is 2.45 bits per heavy atom. The predicted octanol–water partition coefficient (Wildman–Crippen LogP) is 4.90. The molecule has 0 saturated heterocycles. The van der Waals surface area contributed by atoms with E-state index in [1.165, 1.54) is 34.4 Å². The van der Waals surface area contributed by atoms with Gasteiger partial charge in [0.2, 0.25) is 0 Å². The highest BCUT2D eigenvalue weighted by atomic mass is 15.2. The Hall–Kier alpha value is -1.28. The summed E-state index contributed by atoms with van der Waals surface area (Å²) in [6.45, 7) is 17.9. The van der Waals surface area contributed by atoms with Gasteiger partial charge < -0.3 is 10.2 Å². The highest BCUT2D eigenvalue weighted by molar-refractivity contribution is 5.82. The number of benzene rings is 1. The van der Waals surface area contributed by atoms with Crippen LogP contribution in [0.4, 0.5) is 5.69 Å². The van der Waals surface area contributed by atoms with Gasteiger partial charge in [-0.25, -0.2) is 0 Å². The second-order valence-corrected chi connectivity index (χ2v) is 7.42. The van der Waals surface area contributed by atoms with Gasteiger partial charge in [0, 0.05) is 23.8 Å². The minimum absolute atomic E-state index is 0.0691. The van der Waals surface area contributed by atoms with Crippen LogP contribution in [0.25, 0.3) is 5.57 Å². The molecule has 0 radical (unpaired) electrons. The normalized spacial score (nSPS) is 16.7. The van der Waals surface area contributed by atoms with Crippen LogP contribution in [0.2, 0.25) is 0 Å². The average molecular weight is 300 g/mol. The van der Waals surface area contributed by atoms with E-state index in [4.69, 9.17) is 0 Å². The van der Waals surface area contributed by atoms with Crippen LogP contribution in [0, 0.1) is 6.92 Å². The Morgan fingerprint density at radius 2 is 1.86 bits per heavy atom. The maximum atomic E-state index is 3.53. The van der Waals surface area contributed by atoms with Crippen molar-refractivity contribution < 1.29 is 0 Å². The van der Waals surface area contributed by atoms with Crippen LogP contribution in [0.3, 0.4) is 0 Å². The first-order valence-corrected chi connectivity index (χ1v) is 8.61. The molecule has 0 unspecified atom stereocenters. The van der Waals surface area contributed by atoms with Crippen LogP contribution in [-0.2, 0) is 6.54 Å². The smallest absolute Gasteiger partial charge is 0.0537 e. The quantitative estimate of drug-likeness (QED) is 0.778. The van der Waals surface area contributed by atoms with Crippen molar-refractivity contribution in [3.05, 3.63) is 34.9 Å². The van der Waals surface area contributed by atoms with E-state index in [1.54, 1.807) is 0 Å². The monoisotopic (exact) mass is 300 g/mol. The van der Waals surface area contributed by atoms with Gasteiger partial charge >= 0.3 is 0 Å². The third kappa shape index (κ3) is 3.22. The van der Waals surface area contributed by atoms with Gasteiger partial charge in [0.25, 0.3) is 0 Å². The minimum Gasteiger partial charge on any atom is -0.360 e. The number of hydrogen-bond donors (Lipinski definition) is 1. The first kappa shape index (κ1) is 17.1. The molecule has 0 atom stereocenters. The number of anilines is 1.